The van der Waals surface area contributed by atoms with Gasteiger partial charge in [0.05, 0.1) is 6.10 Å². The molecule has 1 heteroatoms. The highest BCUT2D eigenvalue weighted by Gasteiger charge is 1.96. The Balaban J connectivity index is 3.05. The first kappa shape index (κ1) is 24.7. The Morgan fingerprint density at radius 1 is 0.600 bits per heavy atom. The van der Waals surface area contributed by atoms with Gasteiger partial charge in [0.1, 0.15) is 0 Å². The molecule has 1 N–H and O–H groups in total. The SMILES string of the molecule is [CH2]C(O)CCCCCCCCCCCC/C=C/CCCCCCCC. The van der Waals surface area contributed by atoms with Crippen molar-refractivity contribution in [3.63, 3.8) is 0 Å². The van der Waals surface area contributed by atoms with Crippen molar-refractivity contribution in [2.75, 3.05) is 0 Å². The van der Waals surface area contributed by atoms with Crippen LogP contribution in [0.1, 0.15) is 129 Å². The van der Waals surface area contributed by atoms with E-state index in [9.17, 15) is 0 Å². The number of hydrogen-bond acceptors (Lipinski definition) is 1. The molecule has 0 aromatic heterocycles. The summed E-state index contributed by atoms with van der Waals surface area (Å²) < 4.78 is 0. The molecular formula is C24H47O. The van der Waals surface area contributed by atoms with Crippen LogP contribution >= 0.6 is 0 Å². The first-order chi connectivity index (χ1) is 12.3. The van der Waals surface area contributed by atoms with E-state index in [-0.39, 0.29) is 6.10 Å². The highest BCUT2D eigenvalue weighted by Crippen LogP contribution is 2.13. The lowest BCUT2D eigenvalue weighted by atomic mass is 10.0. The van der Waals surface area contributed by atoms with Crippen molar-refractivity contribution in [1.29, 1.82) is 0 Å². The van der Waals surface area contributed by atoms with Crippen LogP contribution in [0.3, 0.4) is 0 Å². The number of aliphatic hydroxyl groups is 1. The molecule has 0 amide bonds. The van der Waals surface area contributed by atoms with Gasteiger partial charge in [-0.3, -0.25) is 0 Å². The fourth-order valence-corrected chi connectivity index (χ4v) is 3.33. The lowest BCUT2D eigenvalue weighted by Gasteiger charge is -2.04. The molecule has 0 bridgehead atoms. The van der Waals surface area contributed by atoms with E-state index < -0.39 is 0 Å². The zero-order valence-electron chi connectivity index (χ0n) is 17.3. The Morgan fingerprint density at radius 2 is 0.960 bits per heavy atom. The molecule has 0 aromatic rings. The maximum Gasteiger partial charge on any atom is 0.0541 e. The summed E-state index contributed by atoms with van der Waals surface area (Å²) in [4.78, 5) is 0. The number of allylic oxidation sites excluding steroid dienone is 2. The van der Waals surface area contributed by atoms with Crippen LogP contribution in [0.5, 0.6) is 0 Å². The van der Waals surface area contributed by atoms with Crippen molar-refractivity contribution < 1.29 is 5.11 Å². The average molecular weight is 352 g/mol. The number of aliphatic hydroxyl groups excluding tert-OH is 1. The van der Waals surface area contributed by atoms with Gasteiger partial charge in [0, 0.05) is 0 Å². The Kier molecular flexibility index (Phi) is 21.5. The average Bonchev–Trinajstić information content (AvgIpc) is 2.60. The molecule has 1 nitrogen and oxygen atoms in total. The quantitative estimate of drug-likeness (QED) is 0.173. The molecule has 0 fully saturated rings. The van der Waals surface area contributed by atoms with E-state index in [0.29, 0.717) is 0 Å². The molecule has 0 rings (SSSR count). The van der Waals surface area contributed by atoms with Crippen LogP contribution in [0.2, 0.25) is 0 Å². The molecule has 0 saturated carbocycles. The van der Waals surface area contributed by atoms with Crippen LogP contribution in [0.4, 0.5) is 0 Å². The third kappa shape index (κ3) is 23.7. The van der Waals surface area contributed by atoms with Crippen LogP contribution in [0.25, 0.3) is 0 Å². The van der Waals surface area contributed by atoms with Crippen LogP contribution < -0.4 is 0 Å². The lowest BCUT2D eigenvalue weighted by Crippen LogP contribution is -1.98. The lowest BCUT2D eigenvalue weighted by molar-refractivity contribution is 0.205. The molecule has 149 valence electrons. The Labute approximate surface area is 159 Å². The van der Waals surface area contributed by atoms with Crippen LogP contribution in [0.15, 0.2) is 12.2 Å². The van der Waals surface area contributed by atoms with Crippen molar-refractivity contribution in [3.8, 4) is 0 Å². The van der Waals surface area contributed by atoms with Crippen molar-refractivity contribution in [2.45, 2.75) is 135 Å². The van der Waals surface area contributed by atoms with E-state index in [4.69, 9.17) is 5.11 Å². The number of rotatable bonds is 20. The molecule has 1 radical (unpaired) electrons. The normalized spacial score (nSPS) is 12.9. The van der Waals surface area contributed by atoms with E-state index in [1.807, 2.05) is 0 Å². The molecule has 0 aliphatic rings. The molecule has 25 heavy (non-hydrogen) atoms. The highest BCUT2D eigenvalue weighted by molar-refractivity contribution is 4.81. The molecule has 0 aromatic carbocycles. The summed E-state index contributed by atoms with van der Waals surface area (Å²) >= 11 is 0. The number of unbranched alkanes of at least 4 members (excludes halogenated alkanes) is 16. The first-order valence-electron chi connectivity index (χ1n) is 11.4. The summed E-state index contributed by atoms with van der Waals surface area (Å²) in [5, 5.41) is 9.09. The second kappa shape index (κ2) is 21.7. The van der Waals surface area contributed by atoms with Gasteiger partial charge in [-0.1, -0.05) is 109 Å². The summed E-state index contributed by atoms with van der Waals surface area (Å²) in [5.74, 6) is 0. The van der Waals surface area contributed by atoms with E-state index in [1.165, 1.54) is 109 Å². The molecule has 1 unspecified atom stereocenters. The topological polar surface area (TPSA) is 20.2 Å². The van der Waals surface area contributed by atoms with Crippen LogP contribution in [-0.2, 0) is 0 Å². The van der Waals surface area contributed by atoms with Gasteiger partial charge in [-0.15, -0.1) is 0 Å². The molecule has 0 aliphatic carbocycles. The summed E-state index contributed by atoms with van der Waals surface area (Å²) in [7, 11) is 0. The molecule has 1 atom stereocenters. The van der Waals surface area contributed by atoms with Crippen molar-refractivity contribution in [2.24, 2.45) is 0 Å². The predicted octanol–water partition coefficient (Wildman–Crippen LogP) is 8.17. The summed E-state index contributed by atoms with van der Waals surface area (Å²) in [6, 6.07) is 0. The maximum atomic E-state index is 9.09. The molecule has 0 aliphatic heterocycles. The van der Waals surface area contributed by atoms with Gasteiger partial charge in [0.2, 0.25) is 0 Å². The first-order valence-corrected chi connectivity index (χ1v) is 11.4. The van der Waals surface area contributed by atoms with Gasteiger partial charge in [-0.05, 0) is 39.0 Å². The zero-order valence-corrected chi connectivity index (χ0v) is 17.3. The second-order valence-electron chi connectivity index (χ2n) is 7.79. The summed E-state index contributed by atoms with van der Waals surface area (Å²) in [6.07, 6.45) is 29.9. The van der Waals surface area contributed by atoms with Gasteiger partial charge in [-0.25, -0.2) is 0 Å². The number of hydrogen-bond donors (Lipinski definition) is 1. The van der Waals surface area contributed by atoms with E-state index in [1.54, 1.807) is 0 Å². The maximum absolute atomic E-state index is 9.09. The fourth-order valence-electron chi connectivity index (χ4n) is 3.33. The van der Waals surface area contributed by atoms with Gasteiger partial charge >= 0.3 is 0 Å². The Morgan fingerprint density at radius 3 is 1.36 bits per heavy atom. The van der Waals surface area contributed by atoms with E-state index in [2.05, 4.69) is 26.0 Å². The fraction of sp³-hybridized carbons (Fsp3) is 0.875. The summed E-state index contributed by atoms with van der Waals surface area (Å²) in [6.45, 7) is 5.89. The molecule has 0 spiro atoms. The zero-order chi connectivity index (χ0) is 18.4. The monoisotopic (exact) mass is 351 g/mol. The van der Waals surface area contributed by atoms with Crippen LogP contribution in [-0.4, -0.2) is 11.2 Å². The van der Waals surface area contributed by atoms with Crippen molar-refractivity contribution >= 4 is 0 Å². The largest absolute Gasteiger partial charge is 0.393 e. The van der Waals surface area contributed by atoms with Gasteiger partial charge in [-0.2, -0.15) is 0 Å². The summed E-state index contributed by atoms with van der Waals surface area (Å²) in [5.41, 5.74) is 0. The van der Waals surface area contributed by atoms with Crippen molar-refractivity contribution in [1.82, 2.24) is 0 Å². The Bertz CT molecular complexity index is 257. The predicted molar refractivity (Wildman–Crippen MR) is 114 cm³/mol. The molecule has 0 saturated heterocycles. The minimum Gasteiger partial charge on any atom is -0.393 e. The Hall–Kier alpha value is -0.300. The smallest absolute Gasteiger partial charge is 0.0541 e. The highest BCUT2D eigenvalue weighted by atomic mass is 16.3. The standard InChI is InChI=1S/C24H47O/c1-3-4-5-6-7-8-9-10-11-12-13-14-15-16-17-18-19-20-21-22-23-24(2)25/h10-11,24-25H,2-9,12-23H2,1H3/b11-10+. The second-order valence-corrected chi connectivity index (χ2v) is 7.79. The van der Waals surface area contributed by atoms with Gasteiger partial charge < -0.3 is 5.11 Å². The van der Waals surface area contributed by atoms with E-state index >= 15 is 0 Å². The van der Waals surface area contributed by atoms with Crippen molar-refractivity contribution in [3.05, 3.63) is 19.1 Å². The van der Waals surface area contributed by atoms with Gasteiger partial charge in [0.15, 0.2) is 0 Å². The van der Waals surface area contributed by atoms with E-state index in [0.717, 1.165) is 12.8 Å². The minimum absolute atomic E-state index is 0.356. The third-order valence-electron chi connectivity index (χ3n) is 5.05. The third-order valence-corrected chi connectivity index (χ3v) is 5.05. The van der Waals surface area contributed by atoms with Crippen LogP contribution in [0, 0.1) is 6.92 Å². The molecule has 0 heterocycles. The minimum atomic E-state index is -0.356. The van der Waals surface area contributed by atoms with Gasteiger partial charge in [0.25, 0.3) is 0 Å². The molecular weight excluding hydrogens is 304 g/mol.